The maximum atomic E-state index is 13.6. The zero-order chi connectivity index (χ0) is 25.5. The Morgan fingerprint density at radius 2 is 1.81 bits per heavy atom. The highest BCUT2D eigenvalue weighted by atomic mass is 16.5. The molecule has 0 saturated heterocycles. The number of furan rings is 1. The summed E-state index contributed by atoms with van der Waals surface area (Å²) in [6.45, 7) is 0.313. The van der Waals surface area contributed by atoms with Crippen LogP contribution in [-0.2, 0) is 9.53 Å². The smallest absolute Gasteiger partial charge is 0.290 e. The minimum Gasteiger partial charge on any atom is -0.497 e. The van der Waals surface area contributed by atoms with Gasteiger partial charge in [-0.1, -0.05) is 18.2 Å². The van der Waals surface area contributed by atoms with Gasteiger partial charge in [0.25, 0.3) is 11.8 Å². The molecule has 3 aromatic rings. The summed E-state index contributed by atoms with van der Waals surface area (Å²) in [4.78, 5) is 28.1. The van der Waals surface area contributed by atoms with Crippen molar-refractivity contribution < 1.29 is 28.2 Å². The van der Waals surface area contributed by atoms with Crippen LogP contribution < -0.4 is 9.47 Å². The average Bonchev–Trinajstić information content (AvgIpc) is 3.61. The maximum Gasteiger partial charge on any atom is 0.290 e. The monoisotopic (exact) mass is 491 g/mol. The molecular weight excluding hydrogens is 462 g/mol. The SMILES string of the molecule is COCCN(CC(=O)N1N=C(c2ccc(OC)cc2)CC1c1ccccc1OC)C(=O)c1ccco1. The van der Waals surface area contributed by atoms with E-state index in [1.807, 2.05) is 48.5 Å². The molecule has 1 aliphatic heterocycles. The van der Waals surface area contributed by atoms with E-state index in [9.17, 15) is 9.59 Å². The molecular formula is C27H29N3O6. The van der Waals surface area contributed by atoms with Crippen molar-refractivity contribution in [2.24, 2.45) is 5.10 Å². The summed E-state index contributed by atoms with van der Waals surface area (Å²) in [6.07, 6.45) is 1.91. The summed E-state index contributed by atoms with van der Waals surface area (Å²) >= 11 is 0. The molecule has 9 heteroatoms. The van der Waals surface area contributed by atoms with E-state index < -0.39 is 11.9 Å². The molecule has 0 spiro atoms. The van der Waals surface area contributed by atoms with Crippen molar-refractivity contribution in [3.63, 3.8) is 0 Å². The molecule has 0 radical (unpaired) electrons. The van der Waals surface area contributed by atoms with Gasteiger partial charge in [-0.2, -0.15) is 5.10 Å². The Morgan fingerprint density at radius 1 is 1.03 bits per heavy atom. The summed E-state index contributed by atoms with van der Waals surface area (Å²) in [6, 6.07) is 17.9. The Labute approximate surface area is 209 Å². The Morgan fingerprint density at radius 3 is 2.47 bits per heavy atom. The van der Waals surface area contributed by atoms with Gasteiger partial charge in [-0.3, -0.25) is 9.59 Å². The maximum absolute atomic E-state index is 13.6. The molecule has 2 aromatic carbocycles. The van der Waals surface area contributed by atoms with Gasteiger partial charge in [0, 0.05) is 25.6 Å². The first-order chi connectivity index (χ1) is 17.5. The van der Waals surface area contributed by atoms with Gasteiger partial charge in [0.05, 0.1) is 38.8 Å². The molecule has 0 saturated carbocycles. The van der Waals surface area contributed by atoms with Crippen LogP contribution in [0.25, 0.3) is 0 Å². The molecule has 188 valence electrons. The van der Waals surface area contributed by atoms with Gasteiger partial charge in [-0.05, 0) is 48.0 Å². The molecule has 0 N–H and O–H groups in total. The van der Waals surface area contributed by atoms with E-state index in [-0.39, 0.29) is 31.4 Å². The number of carbonyl (C=O) groups excluding carboxylic acids is 2. The van der Waals surface area contributed by atoms with Gasteiger partial charge in [0.15, 0.2) is 5.76 Å². The van der Waals surface area contributed by atoms with Gasteiger partial charge in [-0.25, -0.2) is 5.01 Å². The highest BCUT2D eigenvalue weighted by molar-refractivity contribution is 6.03. The standard InChI is InChI=1S/C27H29N3O6/c1-33-16-14-29(27(32)25-9-6-15-36-25)18-26(31)30-23(21-7-4-5-8-24(21)35-3)17-22(28-30)19-10-12-20(34-2)13-11-19/h4-13,15,23H,14,16-18H2,1-3H3. The van der Waals surface area contributed by atoms with E-state index in [2.05, 4.69) is 0 Å². The van der Waals surface area contributed by atoms with E-state index in [1.165, 1.54) is 16.2 Å². The van der Waals surface area contributed by atoms with Gasteiger partial charge in [-0.15, -0.1) is 0 Å². The Balaban J connectivity index is 1.65. The van der Waals surface area contributed by atoms with Crippen molar-refractivity contribution in [1.82, 2.24) is 9.91 Å². The van der Waals surface area contributed by atoms with Crippen LogP contribution in [0.15, 0.2) is 76.4 Å². The molecule has 1 aliphatic rings. The average molecular weight is 492 g/mol. The van der Waals surface area contributed by atoms with Crippen molar-refractivity contribution in [3.8, 4) is 11.5 Å². The number of nitrogens with zero attached hydrogens (tertiary/aromatic N) is 3. The normalized spacial score (nSPS) is 14.9. The quantitative estimate of drug-likeness (QED) is 0.429. The summed E-state index contributed by atoms with van der Waals surface area (Å²) in [7, 11) is 4.75. The van der Waals surface area contributed by atoms with Crippen molar-refractivity contribution in [2.75, 3.05) is 41.0 Å². The minimum absolute atomic E-state index is 0.157. The molecule has 2 heterocycles. The van der Waals surface area contributed by atoms with Gasteiger partial charge >= 0.3 is 0 Å². The van der Waals surface area contributed by atoms with Crippen LogP contribution in [0.2, 0.25) is 0 Å². The van der Waals surface area contributed by atoms with Crippen LogP contribution in [-0.4, -0.2) is 68.5 Å². The van der Waals surface area contributed by atoms with Crippen molar-refractivity contribution >= 4 is 17.5 Å². The fourth-order valence-corrected chi connectivity index (χ4v) is 4.13. The molecule has 1 aromatic heterocycles. The largest absolute Gasteiger partial charge is 0.497 e. The van der Waals surface area contributed by atoms with Crippen molar-refractivity contribution in [2.45, 2.75) is 12.5 Å². The van der Waals surface area contributed by atoms with Crippen LogP contribution in [0, 0.1) is 0 Å². The van der Waals surface area contributed by atoms with Crippen LogP contribution in [0.4, 0.5) is 0 Å². The predicted molar refractivity (Wildman–Crippen MR) is 133 cm³/mol. The first kappa shape index (κ1) is 25.0. The summed E-state index contributed by atoms with van der Waals surface area (Å²) in [5.74, 6) is 0.832. The van der Waals surface area contributed by atoms with Crippen molar-refractivity contribution in [3.05, 3.63) is 83.8 Å². The Bertz CT molecular complexity index is 1210. The first-order valence-corrected chi connectivity index (χ1v) is 11.5. The lowest BCUT2D eigenvalue weighted by atomic mass is 9.97. The lowest BCUT2D eigenvalue weighted by Gasteiger charge is -2.27. The van der Waals surface area contributed by atoms with E-state index in [0.29, 0.717) is 12.2 Å². The number of para-hydroxylation sites is 1. The molecule has 9 nitrogen and oxygen atoms in total. The second-order valence-electron chi connectivity index (χ2n) is 8.17. The molecule has 0 aliphatic carbocycles. The van der Waals surface area contributed by atoms with Crippen LogP contribution in [0.3, 0.4) is 0 Å². The van der Waals surface area contributed by atoms with E-state index in [4.69, 9.17) is 23.7 Å². The minimum atomic E-state index is -0.395. The second kappa shape index (κ2) is 11.5. The topological polar surface area (TPSA) is 93.8 Å². The van der Waals surface area contributed by atoms with Gasteiger partial charge in [0.2, 0.25) is 0 Å². The number of amides is 2. The van der Waals surface area contributed by atoms with Crippen LogP contribution in [0.5, 0.6) is 11.5 Å². The van der Waals surface area contributed by atoms with Crippen molar-refractivity contribution in [1.29, 1.82) is 0 Å². The zero-order valence-corrected chi connectivity index (χ0v) is 20.5. The zero-order valence-electron chi connectivity index (χ0n) is 20.5. The van der Waals surface area contributed by atoms with E-state index in [1.54, 1.807) is 33.5 Å². The number of ether oxygens (including phenoxy) is 3. The number of hydrogen-bond donors (Lipinski definition) is 0. The summed E-state index contributed by atoms with van der Waals surface area (Å²) < 4.78 is 21.3. The number of benzene rings is 2. The molecule has 36 heavy (non-hydrogen) atoms. The summed E-state index contributed by atoms with van der Waals surface area (Å²) in [5.41, 5.74) is 2.47. The van der Waals surface area contributed by atoms with Gasteiger partial charge < -0.3 is 23.5 Å². The number of hydrazone groups is 1. The molecule has 1 unspecified atom stereocenters. The third-order valence-electron chi connectivity index (χ3n) is 6.00. The number of methoxy groups -OCH3 is 3. The van der Waals surface area contributed by atoms with Gasteiger partial charge in [0.1, 0.15) is 18.0 Å². The first-order valence-electron chi connectivity index (χ1n) is 11.5. The molecule has 0 fully saturated rings. The fourth-order valence-electron chi connectivity index (χ4n) is 4.13. The molecule has 4 rings (SSSR count). The predicted octanol–water partition coefficient (Wildman–Crippen LogP) is 3.76. The molecule has 0 bridgehead atoms. The lowest BCUT2D eigenvalue weighted by molar-refractivity contribution is -0.133. The molecule has 2 amide bonds. The van der Waals surface area contributed by atoms with E-state index in [0.717, 1.165) is 22.6 Å². The fraction of sp³-hybridized carbons (Fsp3) is 0.296. The highest BCUT2D eigenvalue weighted by Crippen LogP contribution is 2.37. The molecule has 1 atom stereocenters. The van der Waals surface area contributed by atoms with Crippen LogP contribution >= 0.6 is 0 Å². The van der Waals surface area contributed by atoms with Crippen LogP contribution in [0.1, 0.15) is 34.1 Å². The second-order valence-corrected chi connectivity index (χ2v) is 8.17. The number of rotatable bonds is 10. The number of hydrogen-bond acceptors (Lipinski definition) is 7. The Hall–Kier alpha value is -4.11. The van der Waals surface area contributed by atoms with E-state index >= 15 is 0 Å². The lowest BCUT2D eigenvalue weighted by Crippen LogP contribution is -2.42. The third kappa shape index (κ3) is 5.41. The highest BCUT2D eigenvalue weighted by Gasteiger charge is 2.36. The summed E-state index contributed by atoms with van der Waals surface area (Å²) in [5, 5.41) is 6.16. The Kier molecular flexibility index (Phi) is 8.02. The number of carbonyl (C=O) groups is 2. The third-order valence-corrected chi connectivity index (χ3v) is 6.00.